The number of imidazole rings is 1. The number of fused-ring (bicyclic) bond motifs is 4. The molecule has 0 atom stereocenters. The number of nitrogens with zero attached hydrogens (tertiary/aromatic N) is 5. The van der Waals surface area contributed by atoms with Gasteiger partial charge in [0.15, 0.2) is 0 Å². The second-order valence-corrected chi connectivity index (χ2v) is 6.40. The van der Waals surface area contributed by atoms with Gasteiger partial charge in [-0.25, -0.2) is 15.0 Å². The summed E-state index contributed by atoms with van der Waals surface area (Å²) in [5, 5.41) is 10.3. The minimum absolute atomic E-state index is 0.490. The van der Waals surface area contributed by atoms with E-state index in [4.69, 9.17) is 0 Å². The van der Waals surface area contributed by atoms with Crippen molar-refractivity contribution >= 4 is 38.4 Å². The lowest BCUT2D eigenvalue weighted by molar-refractivity contribution is 1.12. The molecule has 0 aliphatic rings. The third-order valence-corrected chi connectivity index (χ3v) is 4.96. The fraction of sp³-hybridized carbons (Fsp3) is 0. The van der Waals surface area contributed by atoms with Crippen LogP contribution in [0.1, 0.15) is 5.56 Å². The highest BCUT2D eigenvalue weighted by Crippen LogP contribution is 2.31. The van der Waals surface area contributed by atoms with Gasteiger partial charge in [-0.2, -0.15) is 5.26 Å². The van der Waals surface area contributed by atoms with Crippen molar-refractivity contribution in [1.29, 1.82) is 5.26 Å². The fourth-order valence-corrected chi connectivity index (χ4v) is 3.78. The van der Waals surface area contributed by atoms with Gasteiger partial charge in [-0.15, -0.1) is 11.3 Å². The first kappa shape index (κ1) is 13.2. The van der Waals surface area contributed by atoms with Gasteiger partial charge in [-0.3, -0.25) is 4.40 Å². The Morgan fingerprint density at radius 3 is 2.54 bits per heavy atom. The summed E-state index contributed by atoms with van der Waals surface area (Å²) in [5.74, 6) is 0.574. The van der Waals surface area contributed by atoms with Crippen molar-refractivity contribution in [2.75, 3.05) is 0 Å². The molecule has 0 saturated heterocycles. The summed E-state index contributed by atoms with van der Waals surface area (Å²) in [6, 6.07) is 17.9. The van der Waals surface area contributed by atoms with Crippen LogP contribution in [0.3, 0.4) is 0 Å². The predicted molar refractivity (Wildman–Crippen MR) is 93.8 cm³/mol. The molecule has 2 aromatic carbocycles. The van der Waals surface area contributed by atoms with Crippen molar-refractivity contribution in [2.24, 2.45) is 0 Å². The Labute approximate surface area is 140 Å². The maximum Gasteiger partial charge on any atom is 0.235 e. The summed E-state index contributed by atoms with van der Waals surface area (Å²) in [6.45, 7) is 0. The maximum absolute atomic E-state index is 9.58. The van der Waals surface area contributed by atoms with E-state index < -0.39 is 0 Å². The van der Waals surface area contributed by atoms with Crippen LogP contribution in [0.15, 0.2) is 54.7 Å². The summed E-state index contributed by atoms with van der Waals surface area (Å²) in [6.07, 6.45) is 1.79. The average molecular weight is 327 g/mol. The zero-order chi connectivity index (χ0) is 16.1. The average Bonchev–Trinajstić information content (AvgIpc) is 3.21. The van der Waals surface area contributed by atoms with E-state index in [1.165, 1.54) is 11.3 Å². The molecule has 0 saturated carbocycles. The Morgan fingerprint density at radius 2 is 1.71 bits per heavy atom. The highest BCUT2D eigenvalue weighted by molar-refractivity contribution is 7.21. The summed E-state index contributed by atoms with van der Waals surface area (Å²) < 4.78 is 2.93. The zero-order valence-electron chi connectivity index (χ0n) is 12.3. The van der Waals surface area contributed by atoms with Crippen LogP contribution in [0, 0.1) is 11.3 Å². The number of thiazole rings is 1. The molecule has 0 fully saturated rings. The number of para-hydroxylation sites is 3. The minimum Gasteiger partial charge on any atom is -0.282 e. The van der Waals surface area contributed by atoms with E-state index in [0.29, 0.717) is 17.0 Å². The molecular weight excluding hydrogens is 318 g/mol. The summed E-state index contributed by atoms with van der Waals surface area (Å²) in [4.78, 5) is 13.8. The molecule has 0 bridgehead atoms. The lowest BCUT2D eigenvalue weighted by Crippen LogP contribution is -1.96. The van der Waals surface area contributed by atoms with Gasteiger partial charge >= 0.3 is 0 Å². The van der Waals surface area contributed by atoms with Crippen LogP contribution in [-0.4, -0.2) is 19.4 Å². The molecule has 6 heteroatoms. The van der Waals surface area contributed by atoms with Gasteiger partial charge in [0.2, 0.25) is 5.78 Å². The molecule has 5 rings (SSSR count). The Balaban J connectivity index is 1.84. The van der Waals surface area contributed by atoms with Crippen molar-refractivity contribution in [3.8, 4) is 16.8 Å². The number of rotatable bonds is 1. The van der Waals surface area contributed by atoms with Crippen LogP contribution in [-0.2, 0) is 0 Å². The van der Waals surface area contributed by atoms with Crippen LogP contribution in [0.4, 0.5) is 0 Å². The van der Waals surface area contributed by atoms with E-state index in [0.717, 1.165) is 26.3 Å². The van der Waals surface area contributed by atoms with Crippen molar-refractivity contribution in [2.45, 2.75) is 0 Å². The quantitative estimate of drug-likeness (QED) is 0.466. The second kappa shape index (κ2) is 4.85. The standard InChI is InChI=1S/C18H9N5S/c19-9-11-10-23-14-7-3-1-5-12(14)21-18(23)22-16(11)17-20-13-6-2-4-8-15(13)24-17/h1-8,10H. The first-order chi connectivity index (χ1) is 11.8. The summed E-state index contributed by atoms with van der Waals surface area (Å²) in [5.41, 5.74) is 3.78. The van der Waals surface area contributed by atoms with E-state index >= 15 is 0 Å². The molecule has 3 heterocycles. The molecule has 0 spiro atoms. The van der Waals surface area contributed by atoms with Gasteiger partial charge in [0.25, 0.3) is 0 Å². The number of benzene rings is 2. The van der Waals surface area contributed by atoms with Gasteiger partial charge in [-0.05, 0) is 24.3 Å². The first-order valence-corrected chi connectivity index (χ1v) is 8.19. The molecule has 5 aromatic rings. The zero-order valence-corrected chi connectivity index (χ0v) is 13.2. The third-order valence-electron chi connectivity index (χ3n) is 3.92. The lowest BCUT2D eigenvalue weighted by Gasteiger charge is -2.01. The van der Waals surface area contributed by atoms with Crippen molar-refractivity contribution in [3.05, 3.63) is 60.3 Å². The van der Waals surface area contributed by atoms with Crippen LogP contribution in [0.5, 0.6) is 0 Å². The van der Waals surface area contributed by atoms with Crippen molar-refractivity contribution in [3.63, 3.8) is 0 Å². The van der Waals surface area contributed by atoms with Gasteiger partial charge in [-0.1, -0.05) is 24.3 Å². The number of nitriles is 1. The molecular formula is C18H9N5S. The van der Waals surface area contributed by atoms with Crippen molar-refractivity contribution < 1.29 is 0 Å². The molecule has 0 N–H and O–H groups in total. The highest BCUT2D eigenvalue weighted by Gasteiger charge is 2.16. The molecule has 0 radical (unpaired) electrons. The second-order valence-electron chi connectivity index (χ2n) is 5.37. The Morgan fingerprint density at radius 1 is 0.917 bits per heavy atom. The minimum atomic E-state index is 0.490. The molecule has 0 amide bonds. The molecule has 3 aromatic heterocycles. The highest BCUT2D eigenvalue weighted by atomic mass is 32.1. The Hall–Kier alpha value is -3.30. The van der Waals surface area contributed by atoms with Crippen LogP contribution in [0.25, 0.3) is 37.7 Å². The maximum atomic E-state index is 9.58. The molecule has 24 heavy (non-hydrogen) atoms. The largest absolute Gasteiger partial charge is 0.282 e. The van der Waals surface area contributed by atoms with E-state index in [1.807, 2.05) is 52.9 Å². The smallest absolute Gasteiger partial charge is 0.235 e. The van der Waals surface area contributed by atoms with Gasteiger partial charge in [0, 0.05) is 6.20 Å². The number of hydrogen-bond donors (Lipinski definition) is 0. The molecule has 0 aliphatic heterocycles. The Bertz CT molecular complexity index is 1240. The predicted octanol–water partition coefficient (Wildman–Crippen LogP) is 4.03. The normalized spacial score (nSPS) is 11.3. The van der Waals surface area contributed by atoms with E-state index in [9.17, 15) is 5.26 Å². The van der Waals surface area contributed by atoms with Crippen LogP contribution < -0.4 is 0 Å². The van der Waals surface area contributed by atoms with Crippen LogP contribution >= 0.6 is 11.3 Å². The van der Waals surface area contributed by atoms with E-state index in [-0.39, 0.29) is 0 Å². The lowest BCUT2D eigenvalue weighted by atomic mass is 10.2. The van der Waals surface area contributed by atoms with E-state index in [2.05, 4.69) is 21.0 Å². The van der Waals surface area contributed by atoms with Gasteiger partial charge < -0.3 is 0 Å². The SMILES string of the molecule is N#Cc1cn2c(nc1-c1nc3ccccc3s1)nc1ccccc12. The van der Waals surface area contributed by atoms with Crippen LogP contribution in [0.2, 0.25) is 0 Å². The summed E-state index contributed by atoms with van der Waals surface area (Å²) in [7, 11) is 0. The van der Waals surface area contributed by atoms with E-state index in [1.54, 1.807) is 6.20 Å². The van der Waals surface area contributed by atoms with Gasteiger partial charge in [0.05, 0.1) is 26.8 Å². The molecule has 0 unspecified atom stereocenters. The molecule has 112 valence electrons. The fourth-order valence-electron chi connectivity index (χ4n) is 2.81. The number of hydrogen-bond acceptors (Lipinski definition) is 5. The van der Waals surface area contributed by atoms with Crippen molar-refractivity contribution in [1.82, 2.24) is 19.4 Å². The van der Waals surface area contributed by atoms with Gasteiger partial charge in [0.1, 0.15) is 16.8 Å². The monoisotopic (exact) mass is 327 g/mol. The summed E-state index contributed by atoms with van der Waals surface area (Å²) >= 11 is 1.53. The Kier molecular flexibility index (Phi) is 2.66. The number of aromatic nitrogens is 4. The molecule has 0 aliphatic carbocycles. The third kappa shape index (κ3) is 1.82. The topological polar surface area (TPSA) is 66.9 Å². The molecule has 5 nitrogen and oxygen atoms in total. The first-order valence-electron chi connectivity index (χ1n) is 7.37.